The number of likely N-dealkylation sites (tertiary alicyclic amines) is 1. The SMILES string of the molecule is CCCC(=O)OCN(C(=O)[C@@H](CC(=O)C1CCCCN1C)[C@@H](C)CC)[C@H](C[C@@H](OC(C)=O)c1nc(C(=O)N[C@@H](Cc2ccc(O)cc2)C[C@H](C)C(=O)O)cs1)C(C)C. The van der Waals surface area contributed by atoms with Gasteiger partial charge in [0.1, 0.15) is 16.5 Å². The van der Waals surface area contributed by atoms with E-state index in [1.165, 1.54) is 29.3 Å². The first-order chi connectivity index (χ1) is 27.4. The van der Waals surface area contributed by atoms with Gasteiger partial charge >= 0.3 is 17.9 Å². The Bertz CT molecular complexity index is 1680. The molecule has 7 atom stereocenters. The molecule has 3 rings (SSSR count). The fourth-order valence-electron chi connectivity index (χ4n) is 7.42. The zero-order valence-corrected chi connectivity index (χ0v) is 36.2. The molecule has 2 amide bonds. The second-order valence-corrected chi connectivity index (χ2v) is 17.0. The molecule has 2 aromatic rings. The van der Waals surface area contributed by atoms with E-state index in [9.17, 15) is 39.0 Å². The average Bonchev–Trinajstić information content (AvgIpc) is 3.67. The van der Waals surface area contributed by atoms with Crippen molar-refractivity contribution in [1.82, 2.24) is 20.1 Å². The molecule has 3 N–H and O–H groups in total. The van der Waals surface area contributed by atoms with Gasteiger partial charge in [0.05, 0.1) is 12.0 Å². The van der Waals surface area contributed by atoms with Gasteiger partial charge in [-0.15, -0.1) is 11.3 Å². The third kappa shape index (κ3) is 14.5. The number of benzene rings is 1. The first kappa shape index (κ1) is 48.0. The van der Waals surface area contributed by atoms with Gasteiger partial charge in [-0.05, 0) is 75.2 Å². The molecule has 0 spiro atoms. The average molecular weight is 829 g/mol. The minimum atomic E-state index is -1.00. The van der Waals surface area contributed by atoms with Crippen LogP contribution in [0.4, 0.5) is 0 Å². The van der Waals surface area contributed by atoms with Crippen LogP contribution in [-0.4, -0.2) is 99.0 Å². The molecule has 1 unspecified atom stereocenters. The molecule has 0 bridgehead atoms. The van der Waals surface area contributed by atoms with E-state index in [0.717, 1.165) is 42.7 Å². The van der Waals surface area contributed by atoms with E-state index in [4.69, 9.17) is 9.47 Å². The summed E-state index contributed by atoms with van der Waals surface area (Å²) in [4.78, 5) is 87.4. The maximum absolute atomic E-state index is 14.8. The number of nitrogens with one attached hydrogen (secondary N) is 1. The summed E-state index contributed by atoms with van der Waals surface area (Å²) in [6.45, 7) is 12.9. The van der Waals surface area contributed by atoms with Crippen LogP contribution in [0.1, 0.15) is 133 Å². The van der Waals surface area contributed by atoms with Crippen molar-refractivity contribution < 1.29 is 48.5 Å². The topological polar surface area (TPSA) is 193 Å². The Balaban J connectivity index is 1.95. The minimum Gasteiger partial charge on any atom is -0.508 e. The Morgan fingerprint density at radius 2 is 1.72 bits per heavy atom. The van der Waals surface area contributed by atoms with E-state index in [1.54, 1.807) is 19.1 Å². The Labute approximate surface area is 347 Å². The first-order valence-corrected chi connectivity index (χ1v) is 21.5. The number of hydrogen-bond donors (Lipinski definition) is 3. The lowest BCUT2D eigenvalue weighted by Crippen LogP contribution is -2.50. The maximum atomic E-state index is 14.8. The van der Waals surface area contributed by atoms with Gasteiger partial charge < -0.3 is 29.9 Å². The number of hydrogen-bond acceptors (Lipinski definition) is 12. The van der Waals surface area contributed by atoms with E-state index in [0.29, 0.717) is 24.3 Å². The predicted octanol–water partition coefficient (Wildman–Crippen LogP) is 6.55. The fraction of sp³-hybridized carbons (Fsp3) is 0.651. The molecule has 58 heavy (non-hydrogen) atoms. The van der Waals surface area contributed by atoms with Crippen molar-refractivity contribution in [3.63, 3.8) is 0 Å². The number of ether oxygens (including phenoxy) is 2. The number of rotatable bonds is 23. The summed E-state index contributed by atoms with van der Waals surface area (Å²) in [6.07, 6.45) is 3.64. The van der Waals surface area contributed by atoms with Crippen LogP contribution >= 0.6 is 11.3 Å². The van der Waals surface area contributed by atoms with Crippen molar-refractivity contribution in [2.45, 2.75) is 137 Å². The molecular formula is C43H64N4O10S. The number of esters is 2. The molecule has 15 heteroatoms. The normalized spacial score (nSPS) is 17.6. The number of phenols is 1. The number of aromatic hydroxyl groups is 1. The smallest absolute Gasteiger partial charge is 0.307 e. The number of aliphatic carboxylic acids is 1. The van der Waals surface area contributed by atoms with Crippen molar-refractivity contribution in [2.24, 2.45) is 23.7 Å². The highest BCUT2D eigenvalue weighted by molar-refractivity contribution is 7.09. The highest BCUT2D eigenvalue weighted by atomic mass is 32.1. The fourth-order valence-corrected chi connectivity index (χ4v) is 8.26. The van der Waals surface area contributed by atoms with Gasteiger partial charge in [0.2, 0.25) is 5.91 Å². The molecule has 0 aliphatic carbocycles. The summed E-state index contributed by atoms with van der Waals surface area (Å²) >= 11 is 1.11. The second-order valence-electron chi connectivity index (χ2n) is 16.1. The summed E-state index contributed by atoms with van der Waals surface area (Å²) < 4.78 is 11.5. The van der Waals surface area contributed by atoms with Crippen molar-refractivity contribution >= 4 is 46.8 Å². The number of carbonyl (C=O) groups is 6. The Morgan fingerprint density at radius 1 is 1.03 bits per heavy atom. The highest BCUT2D eigenvalue weighted by Crippen LogP contribution is 2.34. The van der Waals surface area contributed by atoms with Crippen molar-refractivity contribution in [3.05, 3.63) is 45.9 Å². The third-order valence-electron chi connectivity index (χ3n) is 11.1. The van der Waals surface area contributed by atoms with E-state index in [2.05, 4.69) is 15.2 Å². The van der Waals surface area contributed by atoms with Crippen molar-refractivity contribution in [3.8, 4) is 5.75 Å². The summed E-state index contributed by atoms with van der Waals surface area (Å²) in [7, 11) is 1.94. The van der Waals surface area contributed by atoms with Crippen LogP contribution in [-0.2, 0) is 39.9 Å². The van der Waals surface area contributed by atoms with E-state index in [-0.39, 0.29) is 73.4 Å². The van der Waals surface area contributed by atoms with Crippen LogP contribution in [0.5, 0.6) is 5.75 Å². The van der Waals surface area contributed by atoms with Crippen molar-refractivity contribution in [2.75, 3.05) is 20.3 Å². The molecule has 1 aromatic heterocycles. The standard InChI is InChI=1S/C43H64N4O10S/c1-9-13-39(51)56-25-47(42(53)33(27(5)10-2)22-37(50)35-14-11-12-19-46(35)8)36(26(3)4)23-38(57-29(7)48)41-45-34(24-58-41)40(52)44-31(20-28(6)43(54)55)21-30-15-17-32(49)18-16-30/h15-18,24,26-28,31,33,35-36,38,49H,9-14,19-23,25H2,1-8H3,(H,44,52)(H,54,55)/t27-,28-,31+,33-,35?,36+,38+/m0/s1. The molecule has 2 heterocycles. The van der Waals surface area contributed by atoms with E-state index >= 15 is 0 Å². The summed E-state index contributed by atoms with van der Waals surface area (Å²) in [6, 6.07) is 4.95. The number of thiazole rings is 1. The number of aromatic nitrogens is 1. The number of Topliss-reactive ketones (excluding diaryl/α,β-unsaturated/α-hetero) is 1. The lowest BCUT2D eigenvalue weighted by Gasteiger charge is -2.39. The lowest BCUT2D eigenvalue weighted by molar-refractivity contribution is -0.161. The number of carboxylic acids is 1. The zero-order valence-electron chi connectivity index (χ0n) is 35.4. The predicted molar refractivity (Wildman–Crippen MR) is 220 cm³/mol. The molecule has 322 valence electrons. The number of ketones is 1. The Morgan fingerprint density at radius 3 is 2.31 bits per heavy atom. The van der Waals surface area contributed by atoms with Gasteiger partial charge in [-0.1, -0.05) is 66.5 Å². The van der Waals surface area contributed by atoms with Gasteiger partial charge in [-0.2, -0.15) is 0 Å². The molecule has 1 saturated heterocycles. The Hall–Kier alpha value is -4.37. The third-order valence-corrected chi connectivity index (χ3v) is 12.0. The van der Waals surface area contributed by atoms with Gasteiger partial charge in [0.25, 0.3) is 5.91 Å². The molecule has 1 aliphatic rings. The van der Waals surface area contributed by atoms with E-state index < -0.39 is 53.8 Å². The van der Waals surface area contributed by atoms with E-state index in [1.807, 2.05) is 41.7 Å². The molecular weight excluding hydrogens is 765 g/mol. The molecule has 0 saturated carbocycles. The number of amides is 2. The van der Waals surface area contributed by atoms with Crippen LogP contribution in [0, 0.1) is 23.7 Å². The quantitative estimate of drug-likeness (QED) is 0.0809. The monoisotopic (exact) mass is 828 g/mol. The van der Waals surface area contributed by atoms with Crippen LogP contribution in [0.3, 0.4) is 0 Å². The first-order valence-electron chi connectivity index (χ1n) is 20.6. The summed E-state index contributed by atoms with van der Waals surface area (Å²) in [5, 5.41) is 24.1. The van der Waals surface area contributed by atoms with Crippen LogP contribution in [0.15, 0.2) is 29.6 Å². The van der Waals surface area contributed by atoms with Gasteiger partial charge in [-0.25, -0.2) is 4.98 Å². The number of carbonyl (C=O) groups excluding carboxylic acids is 5. The number of likely N-dealkylation sites (N-methyl/N-ethyl adjacent to an activating group) is 1. The summed E-state index contributed by atoms with van der Waals surface area (Å²) in [5.74, 6) is -4.66. The largest absolute Gasteiger partial charge is 0.508 e. The van der Waals surface area contributed by atoms with Crippen LogP contribution < -0.4 is 5.32 Å². The number of piperidine rings is 1. The zero-order chi connectivity index (χ0) is 43.1. The Kier molecular flexibility index (Phi) is 19.3. The van der Waals surface area contributed by atoms with Gasteiger partial charge in [-0.3, -0.25) is 33.7 Å². The minimum absolute atomic E-state index is 0.0129. The number of phenolic OH excluding ortho intramolecular Hbond substituents is 1. The van der Waals surface area contributed by atoms with Crippen LogP contribution in [0.2, 0.25) is 0 Å². The molecule has 0 radical (unpaired) electrons. The number of carboxylic acid groups (broad SMARTS) is 1. The molecule has 1 aromatic carbocycles. The number of nitrogens with zero attached hydrogens (tertiary/aromatic N) is 3. The molecule has 14 nitrogen and oxygen atoms in total. The maximum Gasteiger partial charge on any atom is 0.307 e. The van der Waals surface area contributed by atoms with Crippen LogP contribution in [0.25, 0.3) is 0 Å². The second kappa shape index (κ2) is 23.3. The van der Waals surface area contributed by atoms with Gasteiger partial charge in [0.15, 0.2) is 18.6 Å². The summed E-state index contributed by atoms with van der Waals surface area (Å²) in [5.41, 5.74) is 0.830. The molecule has 1 aliphatic heterocycles. The lowest BCUT2D eigenvalue weighted by atomic mass is 9.82. The van der Waals surface area contributed by atoms with Gasteiger partial charge in [0, 0.05) is 49.6 Å². The van der Waals surface area contributed by atoms with Crippen molar-refractivity contribution in [1.29, 1.82) is 0 Å². The highest BCUT2D eigenvalue weighted by Gasteiger charge is 2.39. The molecule has 1 fully saturated rings.